The van der Waals surface area contributed by atoms with Gasteiger partial charge in [-0.15, -0.1) is 0 Å². The molecule has 1 aromatic carbocycles. The van der Waals surface area contributed by atoms with Crippen LogP contribution in [0.5, 0.6) is 0 Å². The molecule has 11 heavy (non-hydrogen) atoms. The van der Waals surface area contributed by atoms with Crippen LogP contribution in [0.15, 0.2) is 24.3 Å². The minimum absolute atomic E-state index is 0.0283. The Bertz CT molecular complexity index is 275. The van der Waals surface area contributed by atoms with E-state index >= 15 is 0 Å². The van der Waals surface area contributed by atoms with Crippen LogP contribution in [-0.4, -0.2) is 8.76 Å². The summed E-state index contributed by atoms with van der Waals surface area (Å²) in [7, 11) is 0. The standard InChI is InChI=1S/C7H7ClO2S/c8-7-3-1-2-6(4-7)5-11(9)10/h1-4H,5H2,(H,9,10)/p-1. The van der Waals surface area contributed by atoms with Crippen LogP contribution < -0.4 is 0 Å². The Morgan fingerprint density at radius 3 is 2.82 bits per heavy atom. The van der Waals surface area contributed by atoms with Gasteiger partial charge in [0, 0.05) is 10.8 Å². The van der Waals surface area contributed by atoms with Gasteiger partial charge in [0.15, 0.2) is 0 Å². The molecule has 1 unspecified atom stereocenters. The van der Waals surface area contributed by atoms with Gasteiger partial charge >= 0.3 is 0 Å². The molecule has 0 heterocycles. The van der Waals surface area contributed by atoms with Gasteiger partial charge < -0.3 is 4.55 Å². The van der Waals surface area contributed by atoms with Gasteiger partial charge in [0.25, 0.3) is 0 Å². The number of rotatable bonds is 2. The summed E-state index contributed by atoms with van der Waals surface area (Å²) >= 11 is 3.59. The number of benzene rings is 1. The highest BCUT2D eigenvalue weighted by atomic mass is 35.5. The SMILES string of the molecule is O=S([O-])Cc1cccc(Cl)c1. The molecule has 0 aliphatic carbocycles. The summed E-state index contributed by atoms with van der Waals surface area (Å²) in [4.78, 5) is 0. The molecule has 0 amide bonds. The van der Waals surface area contributed by atoms with Gasteiger partial charge in [-0.2, -0.15) is 0 Å². The van der Waals surface area contributed by atoms with Crippen molar-refractivity contribution in [3.63, 3.8) is 0 Å². The van der Waals surface area contributed by atoms with Crippen molar-refractivity contribution >= 4 is 22.7 Å². The Hall–Kier alpha value is -0.380. The fourth-order valence-corrected chi connectivity index (χ4v) is 1.43. The summed E-state index contributed by atoms with van der Waals surface area (Å²) in [6, 6.07) is 6.79. The zero-order valence-corrected chi connectivity index (χ0v) is 7.19. The first-order chi connectivity index (χ1) is 5.18. The lowest BCUT2D eigenvalue weighted by molar-refractivity contribution is 0.536. The average molecular weight is 190 g/mol. The first-order valence-electron chi connectivity index (χ1n) is 2.99. The summed E-state index contributed by atoms with van der Waals surface area (Å²) in [5.74, 6) is 0.0283. The quantitative estimate of drug-likeness (QED) is 0.665. The topological polar surface area (TPSA) is 40.1 Å². The number of hydrogen-bond donors (Lipinski definition) is 0. The first kappa shape index (κ1) is 8.71. The normalized spacial score (nSPS) is 12.9. The first-order valence-corrected chi connectivity index (χ1v) is 4.61. The lowest BCUT2D eigenvalue weighted by Crippen LogP contribution is -1.92. The Kier molecular flexibility index (Phi) is 3.05. The Labute approximate surface area is 72.5 Å². The molecule has 0 aliphatic rings. The van der Waals surface area contributed by atoms with Gasteiger partial charge in [-0.1, -0.05) is 34.8 Å². The predicted molar refractivity (Wildman–Crippen MR) is 44.1 cm³/mol. The molecule has 0 saturated heterocycles. The average Bonchev–Trinajstić information content (AvgIpc) is 1.85. The number of halogens is 1. The van der Waals surface area contributed by atoms with E-state index in [2.05, 4.69) is 0 Å². The van der Waals surface area contributed by atoms with Crippen molar-refractivity contribution in [1.29, 1.82) is 0 Å². The highest BCUT2D eigenvalue weighted by Crippen LogP contribution is 2.11. The molecule has 0 spiro atoms. The minimum Gasteiger partial charge on any atom is -0.772 e. The molecule has 4 heteroatoms. The van der Waals surface area contributed by atoms with Crippen molar-refractivity contribution in [2.45, 2.75) is 5.75 Å². The maximum Gasteiger partial charge on any atom is 0.0409 e. The van der Waals surface area contributed by atoms with E-state index in [9.17, 15) is 8.76 Å². The maximum absolute atomic E-state index is 10.2. The van der Waals surface area contributed by atoms with Gasteiger partial charge in [0.05, 0.1) is 0 Å². The van der Waals surface area contributed by atoms with Crippen LogP contribution >= 0.6 is 11.6 Å². The second kappa shape index (κ2) is 3.85. The molecular formula is C7H6ClO2S-. The third-order valence-corrected chi connectivity index (χ3v) is 1.98. The highest BCUT2D eigenvalue weighted by Gasteiger charge is 1.92. The predicted octanol–water partition coefficient (Wildman–Crippen LogP) is 1.72. The van der Waals surface area contributed by atoms with Crippen LogP contribution in [0.2, 0.25) is 5.02 Å². The van der Waals surface area contributed by atoms with Crippen molar-refractivity contribution in [2.24, 2.45) is 0 Å². The van der Waals surface area contributed by atoms with Crippen molar-refractivity contribution in [1.82, 2.24) is 0 Å². The second-order valence-electron chi connectivity index (χ2n) is 2.08. The molecule has 1 atom stereocenters. The van der Waals surface area contributed by atoms with Crippen LogP contribution in [0.1, 0.15) is 5.56 Å². The van der Waals surface area contributed by atoms with Crippen molar-refractivity contribution in [3.05, 3.63) is 34.9 Å². The van der Waals surface area contributed by atoms with Crippen molar-refractivity contribution < 1.29 is 8.76 Å². The zero-order chi connectivity index (χ0) is 8.27. The van der Waals surface area contributed by atoms with Crippen LogP contribution in [0.25, 0.3) is 0 Å². The van der Waals surface area contributed by atoms with E-state index in [-0.39, 0.29) is 5.75 Å². The molecule has 0 saturated carbocycles. The number of hydrogen-bond acceptors (Lipinski definition) is 2. The largest absolute Gasteiger partial charge is 0.772 e. The van der Waals surface area contributed by atoms with Gasteiger partial charge in [0.1, 0.15) is 0 Å². The molecule has 1 rings (SSSR count). The van der Waals surface area contributed by atoms with Crippen molar-refractivity contribution in [2.75, 3.05) is 0 Å². The van der Waals surface area contributed by atoms with E-state index in [4.69, 9.17) is 11.6 Å². The summed E-state index contributed by atoms with van der Waals surface area (Å²) in [6.07, 6.45) is 0. The van der Waals surface area contributed by atoms with Gasteiger partial charge in [-0.05, 0) is 17.7 Å². The van der Waals surface area contributed by atoms with Crippen LogP contribution in [0, 0.1) is 0 Å². The Morgan fingerprint density at radius 1 is 1.55 bits per heavy atom. The third kappa shape index (κ3) is 3.01. The molecule has 0 aromatic heterocycles. The van der Waals surface area contributed by atoms with Crippen molar-refractivity contribution in [3.8, 4) is 0 Å². The minimum atomic E-state index is -2.03. The van der Waals surface area contributed by atoms with Gasteiger partial charge in [-0.25, -0.2) is 0 Å². The van der Waals surface area contributed by atoms with E-state index in [1.54, 1.807) is 24.3 Å². The van der Waals surface area contributed by atoms with E-state index in [1.807, 2.05) is 0 Å². The lowest BCUT2D eigenvalue weighted by Gasteiger charge is -2.04. The molecule has 2 nitrogen and oxygen atoms in total. The summed E-state index contributed by atoms with van der Waals surface area (Å²) in [6.45, 7) is 0. The highest BCUT2D eigenvalue weighted by molar-refractivity contribution is 7.78. The van der Waals surface area contributed by atoms with Crippen LogP contribution in [0.4, 0.5) is 0 Å². The van der Waals surface area contributed by atoms with E-state index in [1.165, 1.54) is 0 Å². The smallest absolute Gasteiger partial charge is 0.0409 e. The van der Waals surface area contributed by atoms with Crippen LogP contribution in [0.3, 0.4) is 0 Å². The summed E-state index contributed by atoms with van der Waals surface area (Å²) in [5, 5.41) is 0.563. The summed E-state index contributed by atoms with van der Waals surface area (Å²) < 4.78 is 20.5. The van der Waals surface area contributed by atoms with E-state index in [0.29, 0.717) is 10.6 Å². The molecule has 0 N–H and O–H groups in total. The summed E-state index contributed by atoms with van der Waals surface area (Å²) in [5.41, 5.74) is 0.714. The fourth-order valence-electron chi connectivity index (χ4n) is 0.763. The van der Waals surface area contributed by atoms with Crippen LogP contribution in [-0.2, 0) is 16.8 Å². The molecule has 0 bridgehead atoms. The van der Waals surface area contributed by atoms with E-state index in [0.717, 1.165) is 0 Å². The Morgan fingerprint density at radius 2 is 2.27 bits per heavy atom. The zero-order valence-electron chi connectivity index (χ0n) is 5.62. The second-order valence-corrected chi connectivity index (χ2v) is 3.41. The molecule has 60 valence electrons. The Balaban J connectivity index is 2.79. The molecule has 0 fully saturated rings. The lowest BCUT2D eigenvalue weighted by atomic mass is 10.2. The fraction of sp³-hybridized carbons (Fsp3) is 0.143. The monoisotopic (exact) mass is 189 g/mol. The maximum atomic E-state index is 10.2. The third-order valence-electron chi connectivity index (χ3n) is 1.17. The molecule has 0 radical (unpaired) electrons. The molecule has 1 aromatic rings. The van der Waals surface area contributed by atoms with Gasteiger partial charge in [-0.3, -0.25) is 4.21 Å². The van der Waals surface area contributed by atoms with Gasteiger partial charge in [0.2, 0.25) is 0 Å². The molecule has 0 aliphatic heterocycles. The molecular weight excluding hydrogens is 184 g/mol. The van der Waals surface area contributed by atoms with E-state index < -0.39 is 11.1 Å².